The number of hydrogen-bond acceptors (Lipinski definition) is 6. The van der Waals surface area contributed by atoms with E-state index in [1.54, 1.807) is 18.9 Å². The zero-order chi connectivity index (χ0) is 17.4. The summed E-state index contributed by atoms with van der Waals surface area (Å²) >= 11 is 0. The fourth-order valence-corrected chi connectivity index (χ4v) is 3.33. The Kier molecular flexibility index (Phi) is 4.01. The van der Waals surface area contributed by atoms with Gasteiger partial charge in [-0.15, -0.1) is 0 Å². The summed E-state index contributed by atoms with van der Waals surface area (Å²) in [6.45, 7) is 3.30. The largest absolute Gasteiger partial charge is 0.451 e. The zero-order valence-electron chi connectivity index (χ0n) is 14.2. The van der Waals surface area contributed by atoms with E-state index in [-0.39, 0.29) is 11.8 Å². The van der Waals surface area contributed by atoms with Crippen LogP contribution in [0.4, 0.5) is 0 Å². The summed E-state index contributed by atoms with van der Waals surface area (Å²) in [5, 5.41) is 4.74. The Balaban J connectivity index is 1.61. The molecule has 7 nitrogen and oxygen atoms in total. The average molecular weight is 341 g/mol. The number of benzene rings is 1. The minimum absolute atomic E-state index is 0.0698. The third kappa shape index (κ3) is 2.80. The molecule has 1 aromatic carbocycles. The molecule has 3 aromatic rings. The summed E-state index contributed by atoms with van der Waals surface area (Å²) in [5.74, 6) is 1.50. The van der Waals surface area contributed by atoms with Gasteiger partial charge in [0.15, 0.2) is 11.6 Å². The third-order valence-electron chi connectivity index (χ3n) is 4.55. The average Bonchev–Trinajstić information content (AvgIpc) is 3.33. The SMILES string of the molecule is COCc1c(C(=O)N2CC[C@@H](c3nc(C)no3)C2)oc2ccccc12. The fourth-order valence-electron chi connectivity index (χ4n) is 3.33. The van der Waals surface area contributed by atoms with E-state index < -0.39 is 0 Å². The maximum absolute atomic E-state index is 13.0. The molecule has 0 spiro atoms. The predicted molar refractivity (Wildman–Crippen MR) is 89.2 cm³/mol. The first-order chi connectivity index (χ1) is 12.2. The highest BCUT2D eigenvalue weighted by atomic mass is 16.5. The first-order valence-corrected chi connectivity index (χ1v) is 8.26. The molecular weight excluding hydrogens is 322 g/mol. The summed E-state index contributed by atoms with van der Waals surface area (Å²) in [7, 11) is 1.61. The number of aromatic nitrogens is 2. The van der Waals surface area contributed by atoms with Crippen molar-refractivity contribution in [3.8, 4) is 0 Å². The first-order valence-electron chi connectivity index (χ1n) is 8.26. The molecule has 130 valence electrons. The number of likely N-dealkylation sites (tertiary alicyclic amines) is 1. The number of nitrogens with zero attached hydrogens (tertiary/aromatic N) is 3. The Morgan fingerprint density at radius 2 is 2.24 bits per heavy atom. The molecular formula is C18H19N3O4. The number of para-hydroxylation sites is 1. The summed E-state index contributed by atoms with van der Waals surface area (Å²) in [6.07, 6.45) is 0.799. The number of amides is 1. The monoisotopic (exact) mass is 341 g/mol. The van der Waals surface area contributed by atoms with E-state index in [0.717, 1.165) is 17.4 Å². The van der Waals surface area contributed by atoms with Gasteiger partial charge in [0, 0.05) is 31.1 Å². The van der Waals surface area contributed by atoms with Crippen LogP contribution in [0.1, 0.15) is 40.2 Å². The van der Waals surface area contributed by atoms with E-state index in [4.69, 9.17) is 13.7 Å². The Labute approximate surface area is 144 Å². The zero-order valence-corrected chi connectivity index (χ0v) is 14.2. The molecule has 1 aliphatic rings. The van der Waals surface area contributed by atoms with Crippen LogP contribution in [0.25, 0.3) is 11.0 Å². The second-order valence-corrected chi connectivity index (χ2v) is 6.26. The van der Waals surface area contributed by atoms with Crippen LogP contribution in [-0.4, -0.2) is 41.1 Å². The van der Waals surface area contributed by atoms with E-state index >= 15 is 0 Å². The summed E-state index contributed by atoms with van der Waals surface area (Å²) in [5.41, 5.74) is 1.49. The van der Waals surface area contributed by atoms with Crippen LogP contribution in [0.5, 0.6) is 0 Å². The van der Waals surface area contributed by atoms with Crippen molar-refractivity contribution in [3.63, 3.8) is 0 Å². The van der Waals surface area contributed by atoms with Crippen molar-refractivity contribution in [2.24, 2.45) is 0 Å². The number of rotatable bonds is 4. The van der Waals surface area contributed by atoms with Crippen molar-refractivity contribution in [3.05, 3.63) is 47.3 Å². The lowest BCUT2D eigenvalue weighted by Crippen LogP contribution is -2.29. The number of aryl methyl sites for hydroxylation is 1. The molecule has 1 fully saturated rings. The summed E-state index contributed by atoms with van der Waals surface area (Å²) in [4.78, 5) is 19.1. The lowest BCUT2D eigenvalue weighted by molar-refractivity contribution is 0.0754. The molecule has 25 heavy (non-hydrogen) atoms. The van der Waals surface area contributed by atoms with Crippen LogP contribution in [0.15, 0.2) is 33.2 Å². The number of carbonyl (C=O) groups is 1. The van der Waals surface area contributed by atoms with Gasteiger partial charge in [-0.3, -0.25) is 4.79 Å². The van der Waals surface area contributed by atoms with E-state index in [0.29, 0.717) is 42.8 Å². The number of hydrogen-bond donors (Lipinski definition) is 0. The molecule has 3 heterocycles. The number of carbonyl (C=O) groups excluding carboxylic acids is 1. The molecule has 0 bridgehead atoms. The van der Waals surface area contributed by atoms with E-state index in [1.807, 2.05) is 24.3 Å². The van der Waals surface area contributed by atoms with Gasteiger partial charge in [-0.1, -0.05) is 23.4 Å². The highest BCUT2D eigenvalue weighted by Gasteiger charge is 2.34. The Bertz CT molecular complexity index is 914. The van der Waals surface area contributed by atoms with Crippen LogP contribution in [0.3, 0.4) is 0 Å². The van der Waals surface area contributed by atoms with Gasteiger partial charge in [0.05, 0.1) is 12.5 Å². The van der Waals surface area contributed by atoms with E-state index in [2.05, 4.69) is 10.1 Å². The molecule has 2 aromatic heterocycles. The smallest absolute Gasteiger partial charge is 0.290 e. The molecule has 0 radical (unpaired) electrons. The predicted octanol–water partition coefficient (Wildman–Crippen LogP) is 2.90. The minimum Gasteiger partial charge on any atom is -0.451 e. The maximum Gasteiger partial charge on any atom is 0.290 e. The Morgan fingerprint density at radius 1 is 1.40 bits per heavy atom. The van der Waals surface area contributed by atoms with Crippen LogP contribution >= 0.6 is 0 Å². The lowest BCUT2D eigenvalue weighted by Gasteiger charge is -2.15. The third-order valence-corrected chi connectivity index (χ3v) is 4.55. The van der Waals surface area contributed by atoms with Crippen LogP contribution in [-0.2, 0) is 11.3 Å². The Morgan fingerprint density at radius 3 is 3.00 bits per heavy atom. The maximum atomic E-state index is 13.0. The van der Waals surface area contributed by atoms with Gasteiger partial charge < -0.3 is 18.6 Å². The molecule has 1 aliphatic heterocycles. The molecule has 7 heteroatoms. The molecule has 0 aliphatic carbocycles. The van der Waals surface area contributed by atoms with Gasteiger partial charge in [0.2, 0.25) is 5.89 Å². The van der Waals surface area contributed by atoms with Crippen LogP contribution in [0.2, 0.25) is 0 Å². The highest BCUT2D eigenvalue weighted by molar-refractivity contribution is 5.99. The van der Waals surface area contributed by atoms with Crippen molar-refractivity contribution >= 4 is 16.9 Å². The number of methoxy groups -OCH3 is 1. The topological polar surface area (TPSA) is 81.6 Å². The summed E-state index contributed by atoms with van der Waals surface area (Å²) in [6, 6.07) is 7.62. The van der Waals surface area contributed by atoms with Gasteiger partial charge in [-0.2, -0.15) is 4.98 Å². The van der Waals surface area contributed by atoms with E-state index in [9.17, 15) is 4.79 Å². The summed E-state index contributed by atoms with van der Waals surface area (Å²) < 4.78 is 16.4. The van der Waals surface area contributed by atoms with Crippen molar-refractivity contribution in [2.75, 3.05) is 20.2 Å². The minimum atomic E-state index is -0.123. The van der Waals surface area contributed by atoms with Gasteiger partial charge in [0.1, 0.15) is 5.58 Å². The first kappa shape index (κ1) is 15.8. The molecule has 1 atom stereocenters. The molecule has 0 unspecified atom stereocenters. The second kappa shape index (κ2) is 6.33. The molecule has 4 rings (SSSR count). The van der Waals surface area contributed by atoms with Gasteiger partial charge in [-0.05, 0) is 19.4 Å². The van der Waals surface area contributed by atoms with Gasteiger partial charge in [0.25, 0.3) is 5.91 Å². The molecule has 1 saturated heterocycles. The molecule has 0 saturated carbocycles. The standard InChI is InChI=1S/C18H19N3O4/c1-11-19-17(25-20-11)12-7-8-21(9-12)18(22)16-14(10-23-2)13-5-3-4-6-15(13)24-16/h3-6,12H,7-10H2,1-2H3/t12-/m1/s1. The number of fused-ring (bicyclic) bond motifs is 1. The van der Waals surface area contributed by atoms with Crippen molar-refractivity contribution in [2.45, 2.75) is 25.9 Å². The van der Waals surface area contributed by atoms with Crippen LogP contribution < -0.4 is 0 Å². The van der Waals surface area contributed by atoms with Crippen molar-refractivity contribution in [1.29, 1.82) is 0 Å². The fraction of sp³-hybridized carbons (Fsp3) is 0.389. The van der Waals surface area contributed by atoms with Gasteiger partial charge in [-0.25, -0.2) is 0 Å². The number of furan rings is 1. The van der Waals surface area contributed by atoms with E-state index in [1.165, 1.54) is 0 Å². The number of ether oxygens (including phenoxy) is 1. The normalized spacial score (nSPS) is 17.5. The van der Waals surface area contributed by atoms with Gasteiger partial charge >= 0.3 is 0 Å². The van der Waals surface area contributed by atoms with Crippen LogP contribution in [0, 0.1) is 6.92 Å². The van der Waals surface area contributed by atoms with Crippen molar-refractivity contribution < 1.29 is 18.5 Å². The van der Waals surface area contributed by atoms with Crippen molar-refractivity contribution in [1.82, 2.24) is 15.0 Å². The lowest BCUT2D eigenvalue weighted by atomic mass is 10.1. The second-order valence-electron chi connectivity index (χ2n) is 6.26. The Hall–Kier alpha value is -2.67. The quantitative estimate of drug-likeness (QED) is 0.726. The molecule has 0 N–H and O–H groups in total. The highest BCUT2D eigenvalue weighted by Crippen LogP contribution is 2.31. The molecule has 1 amide bonds.